The second-order valence-electron chi connectivity index (χ2n) is 2.57. The second-order valence-corrected chi connectivity index (χ2v) is 4.35. The second kappa shape index (κ2) is 4.42. The van der Waals surface area contributed by atoms with Crippen molar-refractivity contribution < 1.29 is 18.3 Å². The van der Waals surface area contributed by atoms with Crippen molar-refractivity contribution in [2.45, 2.75) is 25.8 Å². The fourth-order valence-corrected chi connectivity index (χ4v) is 1.52. The molecule has 0 unspecified atom stereocenters. The van der Waals surface area contributed by atoms with E-state index in [1.165, 1.54) is 0 Å². The predicted molar refractivity (Wildman–Crippen MR) is 44.3 cm³/mol. The topological polar surface area (TPSA) is 83.5 Å². The fourth-order valence-electron chi connectivity index (χ4n) is 0.780. The SMILES string of the molecule is CCC[C@@H](NS(C)(=O)=O)C(=O)O. The lowest BCUT2D eigenvalue weighted by molar-refractivity contribution is -0.139. The number of rotatable bonds is 5. The molecule has 0 bridgehead atoms. The minimum Gasteiger partial charge on any atom is -0.480 e. The van der Waals surface area contributed by atoms with Crippen LogP contribution in [0.4, 0.5) is 0 Å². The first-order valence-corrected chi connectivity index (χ1v) is 5.46. The Morgan fingerprint density at radius 2 is 2.08 bits per heavy atom. The number of aliphatic carboxylic acids is 1. The Morgan fingerprint density at radius 3 is 2.33 bits per heavy atom. The summed E-state index contributed by atoms with van der Waals surface area (Å²) in [4.78, 5) is 10.4. The van der Waals surface area contributed by atoms with E-state index in [0.717, 1.165) is 6.26 Å². The van der Waals surface area contributed by atoms with E-state index in [4.69, 9.17) is 5.11 Å². The van der Waals surface area contributed by atoms with Crippen molar-refractivity contribution >= 4 is 16.0 Å². The van der Waals surface area contributed by atoms with Gasteiger partial charge in [-0.2, -0.15) is 0 Å². The Labute approximate surface area is 71.8 Å². The van der Waals surface area contributed by atoms with Crippen LogP contribution in [0, 0.1) is 0 Å². The van der Waals surface area contributed by atoms with Gasteiger partial charge in [0.25, 0.3) is 0 Å². The van der Waals surface area contributed by atoms with Crippen molar-refractivity contribution in [3.05, 3.63) is 0 Å². The molecule has 0 aliphatic carbocycles. The lowest BCUT2D eigenvalue weighted by Gasteiger charge is -2.10. The maximum absolute atomic E-state index is 10.6. The lowest BCUT2D eigenvalue weighted by Crippen LogP contribution is -2.39. The van der Waals surface area contributed by atoms with E-state index in [1.807, 2.05) is 4.72 Å². The van der Waals surface area contributed by atoms with Gasteiger partial charge in [-0.05, 0) is 6.42 Å². The van der Waals surface area contributed by atoms with Crippen molar-refractivity contribution in [2.24, 2.45) is 0 Å². The quantitative estimate of drug-likeness (QED) is 0.635. The van der Waals surface area contributed by atoms with Crippen LogP contribution in [-0.2, 0) is 14.8 Å². The molecule has 0 aromatic heterocycles. The number of hydrogen-bond acceptors (Lipinski definition) is 3. The molecule has 12 heavy (non-hydrogen) atoms. The zero-order chi connectivity index (χ0) is 9.78. The summed E-state index contributed by atoms with van der Waals surface area (Å²) in [5.41, 5.74) is 0. The zero-order valence-electron chi connectivity index (χ0n) is 7.07. The van der Waals surface area contributed by atoms with Gasteiger partial charge in [0, 0.05) is 0 Å². The van der Waals surface area contributed by atoms with Gasteiger partial charge in [-0.1, -0.05) is 13.3 Å². The minimum absolute atomic E-state index is 0.308. The zero-order valence-corrected chi connectivity index (χ0v) is 7.89. The third-order valence-corrected chi connectivity index (χ3v) is 1.94. The average Bonchev–Trinajstić information content (AvgIpc) is 1.83. The van der Waals surface area contributed by atoms with Gasteiger partial charge in [0.05, 0.1) is 6.26 Å². The van der Waals surface area contributed by atoms with Crippen LogP contribution in [0.5, 0.6) is 0 Å². The molecule has 0 aromatic rings. The molecule has 0 spiro atoms. The summed E-state index contributed by atoms with van der Waals surface area (Å²) in [5, 5.41) is 8.54. The average molecular weight is 195 g/mol. The summed E-state index contributed by atoms with van der Waals surface area (Å²) in [7, 11) is -3.42. The summed E-state index contributed by atoms with van der Waals surface area (Å²) in [6.45, 7) is 1.79. The van der Waals surface area contributed by atoms with Crippen LogP contribution < -0.4 is 4.72 Å². The molecule has 6 heteroatoms. The monoisotopic (exact) mass is 195 g/mol. The van der Waals surface area contributed by atoms with E-state index in [9.17, 15) is 13.2 Å². The van der Waals surface area contributed by atoms with Gasteiger partial charge in [-0.15, -0.1) is 0 Å². The highest BCUT2D eigenvalue weighted by molar-refractivity contribution is 7.88. The number of carbonyl (C=O) groups is 1. The molecule has 1 atom stereocenters. The highest BCUT2D eigenvalue weighted by Gasteiger charge is 2.19. The Bertz CT molecular complexity index is 246. The van der Waals surface area contributed by atoms with Gasteiger partial charge in [0.15, 0.2) is 0 Å². The molecule has 0 fully saturated rings. The molecular formula is C6H13NO4S. The molecule has 72 valence electrons. The van der Waals surface area contributed by atoms with E-state index < -0.39 is 22.0 Å². The molecule has 0 amide bonds. The van der Waals surface area contributed by atoms with Gasteiger partial charge in [-0.3, -0.25) is 4.79 Å². The van der Waals surface area contributed by atoms with E-state index in [1.54, 1.807) is 6.92 Å². The summed E-state index contributed by atoms with van der Waals surface area (Å²) >= 11 is 0. The van der Waals surface area contributed by atoms with Gasteiger partial charge < -0.3 is 5.11 Å². The third kappa shape index (κ3) is 5.09. The lowest BCUT2D eigenvalue weighted by atomic mass is 10.2. The fraction of sp³-hybridized carbons (Fsp3) is 0.833. The van der Waals surface area contributed by atoms with Crippen molar-refractivity contribution in [3.63, 3.8) is 0 Å². The molecule has 0 aliphatic rings. The highest BCUT2D eigenvalue weighted by atomic mass is 32.2. The van der Waals surface area contributed by atoms with Gasteiger partial charge in [0.1, 0.15) is 6.04 Å². The first-order chi connectivity index (χ1) is 5.37. The molecule has 0 radical (unpaired) electrons. The van der Waals surface area contributed by atoms with Crippen molar-refractivity contribution in [1.29, 1.82) is 0 Å². The predicted octanol–water partition coefficient (Wildman–Crippen LogP) is -0.211. The van der Waals surface area contributed by atoms with Gasteiger partial charge in [0.2, 0.25) is 10.0 Å². The summed E-state index contributed by atoms with van der Waals surface area (Å²) in [6, 6.07) is -0.995. The van der Waals surface area contributed by atoms with E-state index >= 15 is 0 Å². The standard InChI is InChI=1S/C6H13NO4S/c1-3-4-5(6(8)9)7-12(2,10)11/h5,7H,3-4H2,1-2H3,(H,8,9)/t5-/m1/s1. The Balaban J connectivity index is 4.24. The maximum Gasteiger partial charge on any atom is 0.321 e. The first kappa shape index (κ1) is 11.4. The summed E-state index contributed by atoms with van der Waals surface area (Å²) in [5.74, 6) is -1.14. The maximum atomic E-state index is 10.6. The first-order valence-electron chi connectivity index (χ1n) is 3.57. The van der Waals surface area contributed by atoms with Crippen molar-refractivity contribution in [2.75, 3.05) is 6.26 Å². The highest BCUT2D eigenvalue weighted by Crippen LogP contribution is 1.97. The number of sulfonamides is 1. The van der Waals surface area contributed by atoms with Crippen LogP contribution in [0.15, 0.2) is 0 Å². The van der Waals surface area contributed by atoms with Crippen LogP contribution in [0.3, 0.4) is 0 Å². The Morgan fingerprint density at radius 1 is 1.58 bits per heavy atom. The third-order valence-electron chi connectivity index (χ3n) is 1.23. The van der Waals surface area contributed by atoms with Gasteiger partial charge >= 0.3 is 5.97 Å². The Kier molecular flexibility index (Phi) is 4.19. The number of carboxylic acid groups (broad SMARTS) is 1. The normalized spacial score (nSPS) is 14.2. The van der Waals surface area contributed by atoms with E-state index in [0.29, 0.717) is 12.8 Å². The van der Waals surface area contributed by atoms with Crippen LogP contribution in [0.2, 0.25) is 0 Å². The molecule has 0 rings (SSSR count). The summed E-state index contributed by atoms with van der Waals surface area (Å²) in [6.07, 6.45) is 1.88. The smallest absolute Gasteiger partial charge is 0.321 e. The van der Waals surface area contributed by atoms with E-state index in [-0.39, 0.29) is 0 Å². The molecule has 5 nitrogen and oxygen atoms in total. The van der Waals surface area contributed by atoms with Crippen LogP contribution in [-0.4, -0.2) is 31.8 Å². The van der Waals surface area contributed by atoms with Crippen molar-refractivity contribution in [3.8, 4) is 0 Å². The molecule has 0 aromatic carbocycles. The Hall–Kier alpha value is -0.620. The van der Waals surface area contributed by atoms with Crippen LogP contribution in [0.25, 0.3) is 0 Å². The summed E-state index contributed by atoms with van der Waals surface area (Å²) < 4.78 is 23.3. The van der Waals surface area contributed by atoms with Crippen LogP contribution >= 0.6 is 0 Å². The molecule has 0 heterocycles. The molecule has 0 saturated carbocycles. The largest absolute Gasteiger partial charge is 0.480 e. The number of carboxylic acids is 1. The molecule has 0 aliphatic heterocycles. The molecule has 2 N–H and O–H groups in total. The molecule has 0 saturated heterocycles. The number of nitrogens with one attached hydrogen (secondary N) is 1. The van der Waals surface area contributed by atoms with Gasteiger partial charge in [-0.25, -0.2) is 13.1 Å². The molecular weight excluding hydrogens is 182 g/mol. The van der Waals surface area contributed by atoms with Crippen molar-refractivity contribution in [1.82, 2.24) is 4.72 Å². The number of hydrogen-bond donors (Lipinski definition) is 2. The minimum atomic E-state index is -3.42. The van der Waals surface area contributed by atoms with E-state index in [2.05, 4.69) is 0 Å². The van der Waals surface area contributed by atoms with Crippen LogP contribution in [0.1, 0.15) is 19.8 Å².